The van der Waals surface area contributed by atoms with Gasteiger partial charge >= 0.3 is 0 Å². The van der Waals surface area contributed by atoms with Crippen molar-refractivity contribution in [1.82, 2.24) is 0 Å². The highest BCUT2D eigenvalue weighted by Crippen LogP contribution is 2.24. The smallest absolute Gasteiger partial charge is 0.125 e. The minimum Gasteiger partial charge on any atom is -0.490 e. The fraction of sp³-hybridized carbons (Fsp3) is 0.571. The van der Waals surface area contributed by atoms with Crippen LogP contribution in [0.1, 0.15) is 36.5 Å². The number of hydrogen-bond acceptors (Lipinski definition) is 2. The molecule has 0 aliphatic heterocycles. The molecule has 2 heteroatoms. The van der Waals surface area contributed by atoms with Crippen LogP contribution in [0.15, 0.2) is 12.1 Å². The molecule has 90 valence electrons. The normalized spacial score (nSPS) is 12.6. The third kappa shape index (κ3) is 3.53. The maximum absolute atomic E-state index is 9.62. The summed E-state index contributed by atoms with van der Waals surface area (Å²) in [7, 11) is 0. The molecule has 0 aliphatic rings. The van der Waals surface area contributed by atoms with Gasteiger partial charge in [-0.05, 0) is 38.3 Å². The first-order chi connectivity index (χ1) is 7.54. The second kappa shape index (κ2) is 5.90. The maximum atomic E-state index is 9.62. The molecule has 0 radical (unpaired) electrons. The fourth-order valence-corrected chi connectivity index (χ4v) is 1.99. The zero-order valence-corrected chi connectivity index (χ0v) is 10.7. The Morgan fingerprint density at radius 2 is 1.75 bits per heavy atom. The minimum atomic E-state index is -0.356. The molecule has 2 nitrogen and oxygen atoms in total. The Bertz CT molecular complexity index is 322. The van der Waals surface area contributed by atoms with Gasteiger partial charge in [0.25, 0.3) is 0 Å². The van der Waals surface area contributed by atoms with Crippen LogP contribution in [-0.4, -0.2) is 17.8 Å². The van der Waals surface area contributed by atoms with E-state index < -0.39 is 0 Å². The zero-order valence-electron chi connectivity index (χ0n) is 10.7. The Labute approximate surface area is 98.3 Å². The summed E-state index contributed by atoms with van der Waals surface area (Å²) in [5.41, 5.74) is 3.53. The average Bonchev–Trinajstić information content (AvgIpc) is 2.16. The Hall–Kier alpha value is -1.02. The Kier molecular flexibility index (Phi) is 4.81. The lowest BCUT2D eigenvalue weighted by atomic mass is 10.1. The first-order valence-electron chi connectivity index (χ1n) is 5.93. The molecule has 1 aromatic rings. The van der Waals surface area contributed by atoms with E-state index in [0.29, 0.717) is 6.61 Å². The molecule has 0 bridgehead atoms. The van der Waals surface area contributed by atoms with E-state index in [9.17, 15) is 5.11 Å². The van der Waals surface area contributed by atoms with Crippen LogP contribution in [-0.2, 0) is 0 Å². The molecule has 0 amide bonds. The molecule has 1 N–H and O–H groups in total. The van der Waals surface area contributed by atoms with Crippen molar-refractivity contribution in [2.75, 3.05) is 6.61 Å². The number of aliphatic hydroxyl groups is 1. The highest BCUT2D eigenvalue weighted by atomic mass is 16.5. The van der Waals surface area contributed by atoms with E-state index in [-0.39, 0.29) is 6.10 Å². The molecule has 1 atom stereocenters. The van der Waals surface area contributed by atoms with Crippen LogP contribution in [0.25, 0.3) is 0 Å². The minimum absolute atomic E-state index is 0.356. The standard InChI is InChI=1S/C14H22O2/c1-5-6-13(15)9-16-14-11(3)7-10(2)8-12(14)4/h7-8,13,15H,5-6,9H2,1-4H3. The molecule has 1 aromatic carbocycles. The van der Waals surface area contributed by atoms with E-state index in [1.165, 1.54) is 5.56 Å². The van der Waals surface area contributed by atoms with E-state index in [0.717, 1.165) is 29.7 Å². The summed E-state index contributed by atoms with van der Waals surface area (Å²) in [5.74, 6) is 0.917. The van der Waals surface area contributed by atoms with Crippen molar-refractivity contribution in [2.24, 2.45) is 0 Å². The summed E-state index contributed by atoms with van der Waals surface area (Å²) in [6, 6.07) is 4.21. The molecule has 0 saturated heterocycles. The van der Waals surface area contributed by atoms with Crippen LogP contribution in [0, 0.1) is 20.8 Å². The topological polar surface area (TPSA) is 29.5 Å². The molecule has 16 heavy (non-hydrogen) atoms. The third-order valence-electron chi connectivity index (χ3n) is 2.65. The monoisotopic (exact) mass is 222 g/mol. The summed E-state index contributed by atoms with van der Waals surface area (Å²) >= 11 is 0. The summed E-state index contributed by atoms with van der Waals surface area (Å²) in [6.07, 6.45) is 1.42. The summed E-state index contributed by atoms with van der Waals surface area (Å²) in [4.78, 5) is 0. The van der Waals surface area contributed by atoms with Crippen LogP contribution in [0.4, 0.5) is 0 Å². The van der Waals surface area contributed by atoms with E-state index in [1.54, 1.807) is 0 Å². The van der Waals surface area contributed by atoms with E-state index in [2.05, 4.69) is 26.0 Å². The van der Waals surface area contributed by atoms with Crippen molar-refractivity contribution >= 4 is 0 Å². The lowest BCUT2D eigenvalue weighted by molar-refractivity contribution is 0.0986. The number of benzene rings is 1. The van der Waals surface area contributed by atoms with Crippen molar-refractivity contribution in [3.05, 3.63) is 28.8 Å². The third-order valence-corrected chi connectivity index (χ3v) is 2.65. The van der Waals surface area contributed by atoms with E-state index >= 15 is 0 Å². The van der Waals surface area contributed by atoms with Gasteiger partial charge in [-0.15, -0.1) is 0 Å². The molecule has 0 aromatic heterocycles. The SMILES string of the molecule is CCCC(O)COc1c(C)cc(C)cc1C. The zero-order chi connectivity index (χ0) is 12.1. The van der Waals surface area contributed by atoms with Gasteiger partial charge in [0.05, 0.1) is 6.10 Å². The van der Waals surface area contributed by atoms with Gasteiger partial charge in [0, 0.05) is 0 Å². The lowest BCUT2D eigenvalue weighted by Crippen LogP contribution is -2.17. The predicted molar refractivity (Wildman–Crippen MR) is 67.1 cm³/mol. The van der Waals surface area contributed by atoms with Gasteiger partial charge in [0.15, 0.2) is 0 Å². The van der Waals surface area contributed by atoms with Crippen LogP contribution in [0.5, 0.6) is 5.75 Å². The first-order valence-corrected chi connectivity index (χ1v) is 5.93. The Balaban J connectivity index is 2.67. The van der Waals surface area contributed by atoms with Crippen molar-refractivity contribution in [1.29, 1.82) is 0 Å². The number of hydrogen-bond donors (Lipinski definition) is 1. The van der Waals surface area contributed by atoms with Crippen molar-refractivity contribution in [3.63, 3.8) is 0 Å². The van der Waals surface area contributed by atoms with Gasteiger partial charge in [0.2, 0.25) is 0 Å². The predicted octanol–water partition coefficient (Wildman–Crippen LogP) is 3.15. The second-order valence-electron chi connectivity index (χ2n) is 4.48. The number of ether oxygens (including phenoxy) is 1. The van der Waals surface area contributed by atoms with Gasteiger partial charge in [-0.1, -0.05) is 31.0 Å². The molecule has 1 rings (SSSR count). The summed E-state index contributed by atoms with van der Waals surface area (Å²) in [5, 5.41) is 9.62. The lowest BCUT2D eigenvalue weighted by Gasteiger charge is -2.15. The van der Waals surface area contributed by atoms with Crippen molar-refractivity contribution in [2.45, 2.75) is 46.6 Å². The van der Waals surface area contributed by atoms with Crippen molar-refractivity contribution < 1.29 is 9.84 Å². The largest absolute Gasteiger partial charge is 0.490 e. The molecule has 0 fully saturated rings. The Morgan fingerprint density at radius 1 is 1.19 bits per heavy atom. The highest BCUT2D eigenvalue weighted by molar-refractivity contribution is 5.42. The fourth-order valence-electron chi connectivity index (χ4n) is 1.99. The molecule has 0 saturated carbocycles. The van der Waals surface area contributed by atoms with Crippen LogP contribution in [0.3, 0.4) is 0 Å². The highest BCUT2D eigenvalue weighted by Gasteiger charge is 2.08. The maximum Gasteiger partial charge on any atom is 0.125 e. The number of aliphatic hydroxyl groups excluding tert-OH is 1. The van der Waals surface area contributed by atoms with Crippen LogP contribution >= 0.6 is 0 Å². The van der Waals surface area contributed by atoms with Crippen LogP contribution < -0.4 is 4.74 Å². The van der Waals surface area contributed by atoms with Gasteiger partial charge in [0.1, 0.15) is 12.4 Å². The number of aryl methyl sites for hydroxylation is 3. The van der Waals surface area contributed by atoms with E-state index in [1.807, 2.05) is 13.8 Å². The second-order valence-corrected chi connectivity index (χ2v) is 4.48. The molecule has 1 unspecified atom stereocenters. The average molecular weight is 222 g/mol. The molecular formula is C14H22O2. The van der Waals surface area contributed by atoms with Gasteiger partial charge in [-0.2, -0.15) is 0 Å². The first kappa shape index (κ1) is 13.0. The van der Waals surface area contributed by atoms with Crippen LogP contribution in [0.2, 0.25) is 0 Å². The molecule has 0 heterocycles. The molecule has 0 aliphatic carbocycles. The van der Waals surface area contributed by atoms with Gasteiger partial charge in [-0.3, -0.25) is 0 Å². The van der Waals surface area contributed by atoms with Gasteiger partial charge < -0.3 is 9.84 Å². The van der Waals surface area contributed by atoms with E-state index in [4.69, 9.17) is 4.74 Å². The molecule has 0 spiro atoms. The van der Waals surface area contributed by atoms with Gasteiger partial charge in [-0.25, -0.2) is 0 Å². The summed E-state index contributed by atoms with van der Waals surface area (Å²) in [6.45, 7) is 8.61. The van der Waals surface area contributed by atoms with Crippen molar-refractivity contribution in [3.8, 4) is 5.75 Å². The Morgan fingerprint density at radius 3 is 2.25 bits per heavy atom. The molecular weight excluding hydrogens is 200 g/mol. The quantitative estimate of drug-likeness (QED) is 0.829. The number of rotatable bonds is 5. The summed E-state index contributed by atoms with van der Waals surface area (Å²) < 4.78 is 5.69.